The quantitative estimate of drug-likeness (QED) is 0.387. The highest BCUT2D eigenvalue weighted by Crippen LogP contribution is 2.38. The zero-order valence-corrected chi connectivity index (χ0v) is 20.0. The van der Waals surface area contributed by atoms with Gasteiger partial charge in [-0.3, -0.25) is 4.79 Å². The van der Waals surface area contributed by atoms with Gasteiger partial charge in [0.25, 0.3) is 5.56 Å². The number of pyridine rings is 1. The van der Waals surface area contributed by atoms with E-state index in [-0.39, 0.29) is 12.2 Å². The Labute approximate surface area is 206 Å². The Kier molecular flexibility index (Phi) is 4.81. The molecule has 0 saturated carbocycles. The lowest BCUT2D eigenvalue weighted by Crippen LogP contribution is -2.42. The van der Waals surface area contributed by atoms with E-state index in [1.807, 2.05) is 72.3 Å². The predicted molar refractivity (Wildman–Crippen MR) is 135 cm³/mol. The van der Waals surface area contributed by atoms with Gasteiger partial charge >= 0.3 is 0 Å². The Hall–Kier alpha value is -3.94. The monoisotopic (exact) mass is 483 g/mol. The number of benzene rings is 3. The van der Waals surface area contributed by atoms with Crippen LogP contribution in [-0.4, -0.2) is 19.3 Å². The molecule has 2 aromatic heterocycles. The summed E-state index contributed by atoms with van der Waals surface area (Å²) in [6.45, 7) is 0.259. The number of halogens is 1. The van der Waals surface area contributed by atoms with E-state index < -0.39 is 5.54 Å². The van der Waals surface area contributed by atoms with E-state index in [0.717, 1.165) is 38.7 Å². The second-order valence-corrected chi connectivity index (χ2v) is 9.29. The molecule has 0 spiro atoms. The van der Waals surface area contributed by atoms with Crippen LogP contribution in [0, 0.1) is 0 Å². The number of aromatic nitrogens is 4. The molecule has 0 saturated heterocycles. The lowest BCUT2D eigenvalue weighted by atomic mass is 9.81. The maximum Gasteiger partial charge on any atom is 0.251 e. The molecule has 0 fully saturated rings. The van der Waals surface area contributed by atoms with E-state index in [1.54, 1.807) is 24.0 Å². The van der Waals surface area contributed by atoms with E-state index >= 15 is 0 Å². The average molecular weight is 484 g/mol. The van der Waals surface area contributed by atoms with Gasteiger partial charge in [0, 0.05) is 36.1 Å². The summed E-state index contributed by atoms with van der Waals surface area (Å²) in [6, 6.07) is 21.0. The molecule has 6 rings (SSSR count). The standard InChI is InChI=1S/C27H22ClN5O2/c1-32-15-30-31-26(32)27(29)18-6-8-23(28)17(10-18)14-35-20-5-3-4-16(11-20)21-13-25(34)33(2)24-9-7-19(27)12-22(21)24/h3-13,15H,14,29H2,1-2H3. The summed E-state index contributed by atoms with van der Waals surface area (Å²) in [5, 5.41) is 9.98. The summed E-state index contributed by atoms with van der Waals surface area (Å²) in [5.74, 6) is 1.26. The molecule has 1 unspecified atom stereocenters. The van der Waals surface area contributed by atoms with Crippen molar-refractivity contribution in [3.05, 3.63) is 111 Å². The normalized spacial score (nSPS) is 16.9. The molecule has 8 heteroatoms. The smallest absolute Gasteiger partial charge is 0.251 e. The Balaban J connectivity index is 1.77. The fraction of sp³-hybridized carbons (Fsp3) is 0.148. The molecule has 3 heterocycles. The lowest BCUT2D eigenvalue weighted by molar-refractivity contribution is 0.306. The second kappa shape index (κ2) is 7.80. The Morgan fingerprint density at radius 3 is 2.63 bits per heavy atom. The number of hydrogen-bond acceptors (Lipinski definition) is 5. The number of nitrogens with two attached hydrogens (primary N) is 1. The zero-order chi connectivity index (χ0) is 24.3. The first-order valence-electron chi connectivity index (χ1n) is 11.2. The van der Waals surface area contributed by atoms with Crippen LogP contribution in [0.2, 0.25) is 5.02 Å². The maximum absolute atomic E-state index is 12.8. The van der Waals surface area contributed by atoms with Gasteiger partial charge in [-0.2, -0.15) is 0 Å². The van der Waals surface area contributed by atoms with Crippen LogP contribution in [0.1, 0.15) is 22.5 Å². The van der Waals surface area contributed by atoms with Crippen LogP contribution < -0.4 is 16.0 Å². The number of ether oxygens (including phenoxy) is 1. The molecule has 35 heavy (non-hydrogen) atoms. The molecule has 174 valence electrons. The molecular formula is C27H22ClN5O2. The zero-order valence-electron chi connectivity index (χ0n) is 19.2. The predicted octanol–water partition coefficient (Wildman–Crippen LogP) is 4.13. The van der Waals surface area contributed by atoms with Crippen molar-refractivity contribution in [2.75, 3.05) is 0 Å². The third kappa shape index (κ3) is 3.27. The Morgan fingerprint density at radius 2 is 1.83 bits per heavy atom. The molecule has 2 N–H and O–H groups in total. The first-order chi connectivity index (χ1) is 16.9. The van der Waals surface area contributed by atoms with Crippen molar-refractivity contribution >= 4 is 22.5 Å². The van der Waals surface area contributed by atoms with Crippen LogP contribution in [0.3, 0.4) is 0 Å². The molecule has 1 atom stereocenters. The summed E-state index contributed by atoms with van der Waals surface area (Å²) in [5.41, 5.74) is 10.9. The molecule has 6 bridgehead atoms. The molecule has 3 aromatic carbocycles. The molecule has 1 aliphatic heterocycles. The number of aryl methyl sites for hydroxylation is 2. The first-order valence-corrected chi connectivity index (χ1v) is 11.5. The molecule has 7 nitrogen and oxygen atoms in total. The Morgan fingerprint density at radius 1 is 1.03 bits per heavy atom. The summed E-state index contributed by atoms with van der Waals surface area (Å²) in [6.07, 6.45) is 1.63. The van der Waals surface area contributed by atoms with E-state index in [0.29, 0.717) is 16.6 Å². The van der Waals surface area contributed by atoms with E-state index in [1.165, 1.54) is 0 Å². The summed E-state index contributed by atoms with van der Waals surface area (Å²) in [7, 11) is 3.64. The maximum atomic E-state index is 12.8. The van der Waals surface area contributed by atoms with Crippen molar-refractivity contribution < 1.29 is 4.74 Å². The van der Waals surface area contributed by atoms with Gasteiger partial charge in [0.1, 0.15) is 24.2 Å². The van der Waals surface area contributed by atoms with Crippen molar-refractivity contribution in [2.24, 2.45) is 19.8 Å². The van der Waals surface area contributed by atoms with Gasteiger partial charge < -0.3 is 19.6 Å². The van der Waals surface area contributed by atoms with E-state index in [2.05, 4.69) is 10.2 Å². The highest BCUT2D eigenvalue weighted by molar-refractivity contribution is 6.31. The fourth-order valence-corrected chi connectivity index (χ4v) is 5.03. The molecule has 5 aromatic rings. The van der Waals surface area contributed by atoms with Crippen LogP contribution in [0.15, 0.2) is 77.9 Å². The highest BCUT2D eigenvalue weighted by atomic mass is 35.5. The van der Waals surface area contributed by atoms with Crippen LogP contribution >= 0.6 is 11.6 Å². The second-order valence-electron chi connectivity index (χ2n) is 8.88. The summed E-state index contributed by atoms with van der Waals surface area (Å²) in [4.78, 5) is 12.8. The van der Waals surface area contributed by atoms with Crippen molar-refractivity contribution in [2.45, 2.75) is 12.1 Å². The number of rotatable bonds is 1. The van der Waals surface area contributed by atoms with Crippen LogP contribution in [0.25, 0.3) is 22.0 Å². The van der Waals surface area contributed by atoms with Crippen molar-refractivity contribution in [1.29, 1.82) is 0 Å². The van der Waals surface area contributed by atoms with Crippen molar-refractivity contribution in [3.63, 3.8) is 0 Å². The minimum atomic E-state index is -1.14. The number of hydrogen-bond donors (Lipinski definition) is 1. The minimum Gasteiger partial charge on any atom is -0.489 e. The van der Waals surface area contributed by atoms with Crippen molar-refractivity contribution in [1.82, 2.24) is 19.3 Å². The summed E-state index contributed by atoms with van der Waals surface area (Å²) < 4.78 is 9.59. The van der Waals surface area contributed by atoms with Gasteiger partial charge in [-0.1, -0.05) is 35.9 Å². The van der Waals surface area contributed by atoms with Gasteiger partial charge in [0.2, 0.25) is 0 Å². The van der Waals surface area contributed by atoms with E-state index in [9.17, 15) is 4.79 Å². The van der Waals surface area contributed by atoms with E-state index in [4.69, 9.17) is 22.1 Å². The Bertz CT molecular complexity index is 1690. The SMILES string of the molecule is Cn1cnnc1C1(N)c2ccc(Cl)c(c2)COc2cccc(c2)-c2cc(=O)n(C)c3ccc1cc23. The minimum absolute atomic E-state index is 0.0957. The van der Waals surface area contributed by atoms with Gasteiger partial charge in [0.05, 0.1) is 5.52 Å². The third-order valence-electron chi connectivity index (χ3n) is 6.81. The van der Waals surface area contributed by atoms with Crippen LogP contribution in [0.5, 0.6) is 5.75 Å². The average Bonchev–Trinajstić information content (AvgIpc) is 3.31. The van der Waals surface area contributed by atoms with Crippen molar-refractivity contribution in [3.8, 4) is 16.9 Å². The highest BCUT2D eigenvalue weighted by Gasteiger charge is 2.37. The first kappa shape index (κ1) is 21.6. The third-order valence-corrected chi connectivity index (χ3v) is 7.18. The van der Waals surface area contributed by atoms with Crippen LogP contribution in [0.4, 0.5) is 0 Å². The molecular weight excluding hydrogens is 462 g/mol. The van der Waals surface area contributed by atoms with Crippen LogP contribution in [-0.2, 0) is 26.2 Å². The van der Waals surface area contributed by atoms with Gasteiger partial charge in [-0.15, -0.1) is 10.2 Å². The fourth-order valence-electron chi connectivity index (χ4n) is 4.86. The largest absolute Gasteiger partial charge is 0.489 e. The topological polar surface area (TPSA) is 88.0 Å². The molecule has 0 aliphatic carbocycles. The molecule has 1 aliphatic rings. The molecule has 0 radical (unpaired) electrons. The molecule has 0 amide bonds. The summed E-state index contributed by atoms with van der Waals surface area (Å²) >= 11 is 6.56. The van der Waals surface area contributed by atoms with Gasteiger partial charge in [-0.05, 0) is 58.7 Å². The lowest BCUT2D eigenvalue weighted by Gasteiger charge is -2.30. The number of nitrogens with zero attached hydrogens (tertiary/aromatic N) is 4. The van der Waals surface area contributed by atoms with Gasteiger partial charge in [0.15, 0.2) is 5.82 Å². The number of fused-ring (bicyclic) bond motifs is 6. The van der Waals surface area contributed by atoms with Gasteiger partial charge in [-0.25, -0.2) is 0 Å².